The molecule has 5 rings (SSSR count). The molecule has 158 valence electrons. The molecule has 0 heterocycles. The molecular formula is C32H25N. The number of hydrogen-bond donors (Lipinski definition) is 0. The Bertz CT molecular complexity index is 1270. The maximum Gasteiger partial charge on any atom is 0.0462 e. The van der Waals surface area contributed by atoms with Crippen molar-refractivity contribution >= 4 is 29.2 Å². The Labute approximate surface area is 195 Å². The average Bonchev–Trinajstić information content (AvgIpc) is 2.90. The van der Waals surface area contributed by atoms with Crippen LogP contribution in [0.5, 0.6) is 0 Å². The lowest BCUT2D eigenvalue weighted by Gasteiger charge is -2.25. The lowest BCUT2D eigenvalue weighted by Crippen LogP contribution is -2.09. The summed E-state index contributed by atoms with van der Waals surface area (Å²) in [4.78, 5) is 2.28. The predicted octanol–water partition coefficient (Wildman–Crippen LogP) is 8.99. The zero-order chi connectivity index (χ0) is 22.3. The smallest absolute Gasteiger partial charge is 0.0462 e. The second-order valence-corrected chi connectivity index (χ2v) is 7.92. The van der Waals surface area contributed by atoms with Gasteiger partial charge in [-0.15, -0.1) is 0 Å². The van der Waals surface area contributed by atoms with E-state index in [0.29, 0.717) is 0 Å². The van der Waals surface area contributed by atoms with Crippen LogP contribution < -0.4 is 4.90 Å². The summed E-state index contributed by atoms with van der Waals surface area (Å²) in [6.45, 7) is 0. The lowest BCUT2D eigenvalue weighted by atomic mass is 10.0. The first-order valence-electron chi connectivity index (χ1n) is 11.2. The minimum atomic E-state index is 1.14. The molecule has 0 amide bonds. The van der Waals surface area contributed by atoms with Crippen molar-refractivity contribution in [1.82, 2.24) is 0 Å². The van der Waals surface area contributed by atoms with Gasteiger partial charge in [-0.1, -0.05) is 115 Å². The topological polar surface area (TPSA) is 3.24 Å². The molecule has 0 unspecified atom stereocenters. The van der Waals surface area contributed by atoms with Gasteiger partial charge in [0.2, 0.25) is 0 Å². The molecular weight excluding hydrogens is 398 g/mol. The van der Waals surface area contributed by atoms with Gasteiger partial charge in [-0.05, 0) is 58.7 Å². The Morgan fingerprint density at radius 3 is 1.18 bits per heavy atom. The SMILES string of the molecule is C(=Cc1ccc(-c2ccc(N(c3ccccc3)c3ccccc3)cc2)cc1)c1ccccc1. The molecule has 0 bridgehead atoms. The molecule has 0 radical (unpaired) electrons. The van der Waals surface area contributed by atoms with Gasteiger partial charge >= 0.3 is 0 Å². The van der Waals surface area contributed by atoms with Gasteiger partial charge in [0.25, 0.3) is 0 Å². The number of benzene rings is 5. The van der Waals surface area contributed by atoms with Crippen LogP contribution in [0.15, 0.2) is 140 Å². The van der Waals surface area contributed by atoms with Crippen molar-refractivity contribution < 1.29 is 0 Å². The van der Waals surface area contributed by atoms with Gasteiger partial charge < -0.3 is 4.90 Å². The fraction of sp³-hybridized carbons (Fsp3) is 0. The fourth-order valence-corrected chi connectivity index (χ4v) is 3.95. The van der Waals surface area contributed by atoms with E-state index >= 15 is 0 Å². The van der Waals surface area contributed by atoms with E-state index in [1.54, 1.807) is 0 Å². The van der Waals surface area contributed by atoms with Gasteiger partial charge in [0.05, 0.1) is 0 Å². The van der Waals surface area contributed by atoms with Crippen molar-refractivity contribution in [3.63, 3.8) is 0 Å². The second-order valence-electron chi connectivity index (χ2n) is 7.92. The number of rotatable bonds is 6. The number of para-hydroxylation sites is 2. The van der Waals surface area contributed by atoms with Crippen molar-refractivity contribution in [2.45, 2.75) is 0 Å². The molecule has 0 fully saturated rings. The molecule has 0 aliphatic heterocycles. The predicted molar refractivity (Wildman–Crippen MR) is 142 cm³/mol. The summed E-state index contributed by atoms with van der Waals surface area (Å²) in [7, 11) is 0. The number of nitrogens with zero attached hydrogens (tertiary/aromatic N) is 1. The summed E-state index contributed by atoms with van der Waals surface area (Å²) in [6.07, 6.45) is 4.30. The fourth-order valence-electron chi connectivity index (χ4n) is 3.95. The first-order valence-corrected chi connectivity index (χ1v) is 11.2. The third kappa shape index (κ3) is 4.94. The Morgan fingerprint density at radius 1 is 0.333 bits per heavy atom. The quantitative estimate of drug-likeness (QED) is 0.246. The van der Waals surface area contributed by atoms with Gasteiger partial charge in [0.15, 0.2) is 0 Å². The van der Waals surface area contributed by atoms with E-state index < -0.39 is 0 Å². The van der Waals surface area contributed by atoms with Gasteiger partial charge in [0.1, 0.15) is 0 Å². The molecule has 0 spiro atoms. The van der Waals surface area contributed by atoms with E-state index in [1.807, 2.05) is 6.07 Å². The van der Waals surface area contributed by atoms with Gasteiger partial charge in [-0.3, -0.25) is 0 Å². The van der Waals surface area contributed by atoms with Crippen molar-refractivity contribution in [2.75, 3.05) is 4.90 Å². The Morgan fingerprint density at radius 2 is 0.697 bits per heavy atom. The summed E-state index contributed by atoms with van der Waals surface area (Å²) in [5, 5.41) is 0. The minimum Gasteiger partial charge on any atom is -0.311 e. The Hall–Kier alpha value is -4.36. The molecule has 0 N–H and O–H groups in total. The van der Waals surface area contributed by atoms with Crippen LogP contribution in [-0.4, -0.2) is 0 Å². The first-order chi connectivity index (χ1) is 16.4. The van der Waals surface area contributed by atoms with Crippen molar-refractivity contribution in [1.29, 1.82) is 0 Å². The van der Waals surface area contributed by atoms with Crippen molar-refractivity contribution in [3.8, 4) is 11.1 Å². The van der Waals surface area contributed by atoms with E-state index in [0.717, 1.165) is 17.1 Å². The van der Waals surface area contributed by atoms with Gasteiger partial charge in [-0.2, -0.15) is 0 Å². The first kappa shape index (κ1) is 20.5. The third-order valence-electron chi connectivity index (χ3n) is 5.67. The normalized spacial score (nSPS) is 10.9. The molecule has 0 saturated carbocycles. The number of anilines is 3. The van der Waals surface area contributed by atoms with E-state index in [-0.39, 0.29) is 0 Å². The Balaban J connectivity index is 1.39. The molecule has 0 aliphatic rings. The van der Waals surface area contributed by atoms with Crippen molar-refractivity contribution in [2.24, 2.45) is 0 Å². The molecule has 0 saturated heterocycles. The van der Waals surface area contributed by atoms with Crippen LogP contribution in [0.1, 0.15) is 11.1 Å². The molecule has 5 aromatic carbocycles. The van der Waals surface area contributed by atoms with E-state index in [4.69, 9.17) is 0 Å². The summed E-state index contributed by atoms with van der Waals surface area (Å²) < 4.78 is 0. The monoisotopic (exact) mass is 423 g/mol. The van der Waals surface area contributed by atoms with Crippen LogP contribution in [-0.2, 0) is 0 Å². The summed E-state index contributed by atoms with van der Waals surface area (Å²) in [6, 6.07) is 48.8. The maximum absolute atomic E-state index is 2.28. The number of hydrogen-bond acceptors (Lipinski definition) is 1. The molecule has 0 aliphatic carbocycles. The summed E-state index contributed by atoms with van der Waals surface area (Å²) in [5.41, 5.74) is 8.25. The van der Waals surface area contributed by atoms with Crippen LogP contribution in [0.2, 0.25) is 0 Å². The molecule has 0 aromatic heterocycles. The van der Waals surface area contributed by atoms with Gasteiger partial charge in [-0.25, -0.2) is 0 Å². The molecule has 1 heteroatoms. The van der Waals surface area contributed by atoms with E-state index in [2.05, 4.69) is 151 Å². The molecule has 33 heavy (non-hydrogen) atoms. The highest BCUT2D eigenvalue weighted by Crippen LogP contribution is 2.35. The second kappa shape index (κ2) is 9.84. The maximum atomic E-state index is 2.28. The third-order valence-corrected chi connectivity index (χ3v) is 5.67. The summed E-state index contributed by atoms with van der Waals surface area (Å²) >= 11 is 0. The van der Waals surface area contributed by atoms with Gasteiger partial charge in [0, 0.05) is 17.1 Å². The Kier molecular flexibility index (Phi) is 6.13. The van der Waals surface area contributed by atoms with E-state index in [9.17, 15) is 0 Å². The highest BCUT2D eigenvalue weighted by Gasteiger charge is 2.11. The zero-order valence-electron chi connectivity index (χ0n) is 18.4. The molecule has 1 nitrogen and oxygen atoms in total. The van der Waals surface area contributed by atoms with Crippen LogP contribution in [0.25, 0.3) is 23.3 Å². The van der Waals surface area contributed by atoms with E-state index in [1.165, 1.54) is 22.3 Å². The largest absolute Gasteiger partial charge is 0.311 e. The van der Waals surface area contributed by atoms with Crippen LogP contribution in [0.3, 0.4) is 0 Å². The minimum absolute atomic E-state index is 1.14. The van der Waals surface area contributed by atoms with Crippen LogP contribution >= 0.6 is 0 Å². The van der Waals surface area contributed by atoms with Crippen molar-refractivity contribution in [3.05, 3.63) is 151 Å². The highest BCUT2D eigenvalue weighted by atomic mass is 15.1. The molecule has 0 atom stereocenters. The van der Waals surface area contributed by atoms with Crippen LogP contribution in [0, 0.1) is 0 Å². The van der Waals surface area contributed by atoms with Crippen LogP contribution in [0.4, 0.5) is 17.1 Å². The highest BCUT2D eigenvalue weighted by molar-refractivity contribution is 5.78. The average molecular weight is 424 g/mol. The zero-order valence-corrected chi connectivity index (χ0v) is 18.4. The summed E-state index contributed by atoms with van der Waals surface area (Å²) in [5.74, 6) is 0. The standard InChI is InChI=1S/C32H25N/c1-4-10-26(11-5-1)16-17-27-18-20-28(21-19-27)29-22-24-32(25-23-29)33(30-12-6-2-7-13-30)31-14-8-3-9-15-31/h1-25H. The lowest BCUT2D eigenvalue weighted by molar-refractivity contribution is 1.28. The molecule has 5 aromatic rings.